The summed E-state index contributed by atoms with van der Waals surface area (Å²) in [5.41, 5.74) is -0.102. The average molecular weight is 263 g/mol. The lowest BCUT2D eigenvalue weighted by Gasteiger charge is -2.24. The fourth-order valence-electron chi connectivity index (χ4n) is 2.08. The highest BCUT2D eigenvalue weighted by atomic mass is 19.1. The van der Waals surface area contributed by atoms with Crippen LogP contribution in [0.15, 0.2) is 30.7 Å². The number of hydrogen-bond donors (Lipinski definition) is 1. The van der Waals surface area contributed by atoms with E-state index in [1.807, 2.05) is 13.1 Å². The van der Waals surface area contributed by atoms with Gasteiger partial charge in [-0.15, -0.1) is 0 Å². The minimum absolute atomic E-state index is 0.413. The number of nitrogens with zero attached hydrogens (tertiary/aromatic N) is 3. The van der Waals surface area contributed by atoms with E-state index in [0.717, 1.165) is 19.2 Å². The van der Waals surface area contributed by atoms with Crippen molar-refractivity contribution in [3.8, 4) is 0 Å². The predicted octanol–water partition coefficient (Wildman–Crippen LogP) is 2.47. The SMILES string of the molecule is CCCn1cc(C(O)(CC)c2ccc(F)cn2)cn1. The van der Waals surface area contributed by atoms with Gasteiger partial charge in [0.1, 0.15) is 11.4 Å². The Morgan fingerprint density at radius 1 is 1.32 bits per heavy atom. The summed E-state index contributed by atoms with van der Waals surface area (Å²) in [5, 5.41) is 15.0. The average Bonchev–Trinajstić information content (AvgIpc) is 2.88. The highest BCUT2D eigenvalue weighted by Crippen LogP contribution is 2.31. The van der Waals surface area contributed by atoms with E-state index < -0.39 is 11.4 Å². The molecule has 0 aliphatic rings. The molecule has 2 heterocycles. The van der Waals surface area contributed by atoms with Gasteiger partial charge in [0, 0.05) is 18.3 Å². The summed E-state index contributed by atoms with van der Waals surface area (Å²) in [6, 6.07) is 2.81. The molecule has 1 N–H and O–H groups in total. The molecule has 0 saturated heterocycles. The molecule has 1 unspecified atom stereocenters. The Hall–Kier alpha value is -1.75. The van der Waals surface area contributed by atoms with Crippen molar-refractivity contribution in [2.24, 2.45) is 0 Å². The monoisotopic (exact) mass is 263 g/mol. The van der Waals surface area contributed by atoms with Crippen LogP contribution in [-0.4, -0.2) is 19.9 Å². The summed E-state index contributed by atoms with van der Waals surface area (Å²) in [6.45, 7) is 4.73. The Balaban J connectivity index is 2.37. The van der Waals surface area contributed by atoms with Gasteiger partial charge in [-0.3, -0.25) is 9.67 Å². The highest BCUT2D eigenvalue weighted by Gasteiger charge is 2.32. The van der Waals surface area contributed by atoms with E-state index in [1.165, 1.54) is 12.1 Å². The third-order valence-corrected chi connectivity index (χ3v) is 3.23. The van der Waals surface area contributed by atoms with Crippen LogP contribution in [0.2, 0.25) is 0 Å². The first-order valence-electron chi connectivity index (χ1n) is 6.47. The molecular formula is C14H18FN3O. The topological polar surface area (TPSA) is 50.9 Å². The van der Waals surface area contributed by atoms with E-state index in [9.17, 15) is 9.50 Å². The lowest BCUT2D eigenvalue weighted by molar-refractivity contribution is 0.0717. The van der Waals surface area contributed by atoms with Crippen molar-refractivity contribution < 1.29 is 9.50 Å². The number of pyridine rings is 1. The number of hydrogen-bond acceptors (Lipinski definition) is 3. The Kier molecular flexibility index (Phi) is 3.95. The summed E-state index contributed by atoms with van der Waals surface area (Å²) in [4.78, 5) is 3.99. The van der Waals surface area contributed by atoms with Crippen molar-refractivity contribution >= 4 is 0 Å². The molecule has 2 aromatic heterocycles. The first-order valence-corrected chi connectivity index (χ1v) is 6.47. The predicted molar refractivity (Wildman–Crippen MR) is 70.0 cm³/mol. The fourth-order valence-corrected chi connectivity index (χ4v) is 2.08. The maximum Gasteiger partial charge on any atom is 0.141 e. The third kappa shape index (κ3) is 2.66. The van der Waals surface area contributed by atoms with Crippen molar-refractivity contribution in [3.63, 3.8) is 0 Å². The molecule has 1 atom stereocenters. The number of rotatable bonds is 5. The molecule has 2 rings (SSSR count). The maximum atomic E-state index is 12.9. The molecule has 0 radical (unpaired) electrons. The van der Waals surface area contributed by atoms with Crippen LogP contribution < -0.4 is 0 Å². The van der Waals surface area contributed by atoms with E-state index in [1.54, 1.807) is 10.9 Å². The van der Waals surface area contributed by atoms with Gasteiger partial charge >= 0.3 is 0 Å². The second-order valence-corrected chi connectivity index (χ2v) is 4.57. The zero-order valence-corrected chi connectivity index (χ0v) is 11.2. The summed E-state index contributed by atoms with van der Waals surface area (Å²) in [6.07, 6.45) is 6.00. The van der Waals surface area contributed by atoms with Crippen LogP contribution in [0, 0.1) is 5.82 Å². The first-order chi connectivity index (χ1) is 9.10. The second kappa shape index (κ2) is 5.48. The Morgan fingerprint density at radius 3 is 2.68 bits per heavy atom. The molecule has 0 spiro atoms. The molecule has 0 aliphatic heterocycles. The van der Waals surface area contributed by atoms with E-state index in [0.29, 0.717) is 17.7 Å². The van der Waals surface area contributed by atoms with Crippen molar-refractivity contribution in [2.45, 2.75) is 38.8 Å². The first kappa shape index (κ1) is 13.7. The molecule has 0 bridgehead atoms. The number of halogens is 1. The molecule has 0 amide bonds. The van der Waals surface area contributed by atoms with Gasteiger partial charge in [0.15, 0.2) is 0 Å². The lowest BCUT2D eigenvalue weighted by atomic mass is 9.90. The van der Waals surface area contributed by atoms with Gasteiger partial charge in [0.05, 0.1) is 18.1 Å². The van der Waals surface area contributed by atoms with Gasteiger partial charge < -0.3 is 5.11 Å². The van der Waals surface area contributed by atoms with Crippen molar-refractivity contribution in [1.29, 1.82) is 0 Å². The van der Waals surface area contributed by atoms with Gasteiger partial charge in [0.25, 0.3) is 0 Å². The second-order valence-electron chi connectivity index (χ2n) is 4.57. The molecule has 4 nitrogen and oxygen atoms in total. The smallest absolute Gasteiger partial charge is 0.141 e. The fraction of sp³-hybridized carbons (Fsp3) is 0.429. The number of aromatic nitrogens is 3. The van der Waals surface area contributed by atoms with Crippen LogP contribution in [0.5, 0.6) is 0 Å². The summed E-state index contributed by atoms with van der Waals surface area (Å²) < 4.78 is 14.7. The van der Waals surface area contributed by atoms with E-state index in [-0.39, 0.29) is 0 Å². The highest BCUT2D eigenvalue weighted by molar-refractivity contribution is 5.28. The molecule has 0 aromatic carbocycles. The van der Waals surface area contributed by atoms with Crippen molar-refractivity contribution in [2.75, 3.05) is 0 Å². The largest absolute Gasteiger partial charge is 0.379 e. The standard InChI is InChI=1S/C14H18FN3O/c1-3-7-18-10-11(8-17-18)14(19,4-2)13-6-5-12(15)9-16-13/h5-6,8-10,19H,3-4,7H2,1-2H3. The van der Waals surface area contributed by atoms with Crippen LogP contribution in [0.3, 0.4) is 0 Å². The lowest BCUT2D eigenvalue weighted by Crippen LogP contribution is -2.27. The number of aryl methyl sites for hydroxylation is 1. The molecule has 5 heteroatoms. The third-order valence-electron chi connectivity index (χ3n) is 3.23. The Labute approximate surface area is 111 Å². The van der Waals surface area contributed by atoms with Crippen LogP contribution in [-0.2, 0) is 12.1 Å². The molecule has 102 valence electrons. The zero-order chi connectivity index (χ0) is 13.9. The minimum atomic E-state index is -1.22. The quantitative estimate of drug-likeness (QED) is 0.901. The zero-order valence-electron chi connectivity index (χ0n) is 11.2. The maximum absolute atomic E-state index is 12.9. The van der Waals surface area contributed by atoms with Crippen LogP contribution in [0.25, 0.3) is 0 Å². The molecular weight excluding hydrogens is 245 g/mol. The van der Waals surface area contributed by atoms with Crippen LogP contribution >= 0.6 is 0 Å². The van der Waals surface area contributed by atoms with E-state index in [2.05, 4.69) is 17.0 Å². The van der Waals surface area contributed by atoms with Gasteiger partial charge in [-0.2, -0.15) is 5.10 Å². The van der Waals surface area contributed by atoms with Gasteiger partial charge in [0.2, 0.25) is 0 Å². The van der Waals surface area contributed by atoms with E-state index in [4.69, 9.17) is 0 Å². The Morgan fingerprint density at radius 2 is 2.11 bits per heavy atom. The van der Waals surface area contributed by atoms with Crippen molar-refractivity contribution in [3.05, 3.63) is 47.8 Å². The molecule has 0 saturated carbocycles. The molecule has 0 fully saturated rings. The van der Waals surface area contributed by atoms with Crippen LogP contribution in [0.1, 0.15) is 37.9 Å². The van der Waals surface area contributed by atoms with Crippen LogP contribution in [0.4, 0.5) is 4.39 Å². The molecule has 19 heavy (non-hydrogen) atoms. The van der Waals surface area contributed by atoms with Gasteiger partial charge in [-0.25, -0.2) is 4.39 Å². The summed E-state index contributed by atoms with van der Waals surface area (Å²) >= 11 is 0. The van der Waals surface area contributed by atoms with Gasteiger partial charge in [-0.1, -0.05) is 13.8 Å². The van der Waals surface area contributed by atoms with Crippen molar-refractivity contribution in [1.82, 2.24) is 14.8 Å². The van der Waals surface area contributed by atoms with Gasteiger partial charge in [-0.05, 0) is 25.0 Å². The summed E-state index contributed by atoms with van der Waals surface area (Å²) in [7, 11) is 0. The molecule has 2 aromatic rings. The number of aliphatic hydroxyl groups is 1. The minimum Gasteiger partial charge on any atom is -0.379 e. The normalized spacial score (nSPS) is 14.3. The summed E-state index contributed by atoms with van der Waals surface area (Å²) in [5.74, 6) is -0.413. The Bertz CT molecular complexity index is 538. The van der Waals surface area contributed by atoms with E-state index >= 15 is 0 Å². The molecule has 0 aliphatic carbocycles.